The van der Waals surface area contributed by atoms with E-state index in [1.54, 1.807) is 6.92 Å². The molecule has 0 saturated carbocycles. The summed E-state index contributed by atoms with van der Waals surface area (Å²) in [5.41, 5.74) is 3.76. The number of thiazole rings is 1. The maximum Gasteiger partial charge on any atom is 0.311 e. The number of aromatic nitrogens is 1. The number of aryl methyl sites for hydroxylation is 1. The van der Waals surface area contributed by atoms with Crippen molar-refractivity contribution in [3.8, 4) is 0 Å². The van der Waals surface area contributed by atoms with E-state index in [1.807, 2.05) is 37.4 Å². The summed E-state index contributed by atoms with van der Waals surface area (Å²) < 4.78 is 5.71. The van der Waals surface area contributed by atoms with Crippen LogP contribution in [0.25, 0.3) is 0 Å². The van der Waals surface area contributed by atoms with Crippen molar-refractivity contribution in [3.63, 3.8) is 0 Å². The maximum atomic E-state index is 12.7. The third-order valence-electron chi connectivity index (χ3n) is 3.98. The number of nitrogens with one attached hydrogen (secondary N) is 1. The van der Waals surface area contributed by atoms with E-state index in [0.29, 0.717) is 18.2 Å². The summed E-state index contributed by atoms with van der Waals surface area (Å²) in [5, 5.41) is 4.61. The first-order chi connectivity index (χ1) is 12.8. The van der Waals surface area contributed by atoms with E-state index in [-0.39, 0.29) is 23.5 Å². The van der Waals surface area contributed by atoms with E-state index >= 15 is 0 Å². The van der Waals surface area contributed by atoms with E-state index in [2.05, 4.69) is 24.1 Å². The summed E-state index contributed by atoms with van der Waals surface area (Å²) in [6.07, 6.45) is 0.159. The smallest absolute Gasteiger partial charge is 0.311 e. The van der Waals surface area contributed by atoms with Gasteiger partial charge in [-0.15, -0.1) is 11.3 Å². The number of hydrogen-bond acceptors (Lipinski definition) is 6. The van der Waals surface area contributed by atoms with Gasteiger partial charge < -0.3 is 10.1 Å². The van der Waals surface area contributed by atoms with Crippen molar-refractivity contribution in [2.24, 2.45) is 0 Å². The third kappa shape index (κ3) is 6.07. The van der Waals surface area contributed by atoms with Gasteiger partial charge in [0.2, 0.25) is 5.91 Å². The second-order valence-corrected chi connectivity index (χ2v) is 8.98. The first-order valence-corrected chi connectivity index (χ1v) is 10.7. The van der Waals surface area contributed by atoms with Crippen LogP contribution in [-0.4, -0.2) is 28.7 Å². The third-order valence-corrected chi connectivity index (χ3v) is 6.10. The van der Waals surface area contributed by atoms with Gasteiger partial charge >= 0.3 is 5.97 Å². The molecule has 0 saturated heterocycles. The van der Waals surface area contributed by atoms with Crippen molar-refractivity contribution >= 4 is 40.7 Å². The molecule has 0 aliphatic rings. The fourth-order valence-electron chi connectivity index (χ4n) is 2.56. The predicted molar refractivity (Wildman–Crippen MR) is 112 cm³/mol. The molecular weight excluding hydrogens is 380 g/mol. The quantitative estimate of drug-likeness (QED) is 0.504. The number of carbonyl (C=O) groups is 2. The van der Waals surface area contributed by atoms with Crippen molar-refractivity contribution in [1.29, 1.82) is 0 Å². The minimum Gasteiger partial charge on any atom is -0.466 e. The molecule has 27 heavy (non-hydrogen) atoms. The minimum absolute atomic E-state index is 0.0571. The molecule has 1 heterocycles. The highest BCUT2D eigenvalue weighted by Crippen LogP contribution is 2.30. The monoisotopic (exact) mass is 406 g/mol. The maximum absolute atomic E-state index is 12.7. The zero-order valence-electron chi connectivity index (χ0n) is 16.4. The Bertz CT molecular complexity index is 802. The molecule has 0 fully saturated rings. The van der Waals surface area contributed by atoms with Gasteiger partial charge in [0.1, 0.15) is 0 Å². The summed E-state index contributed by atoms with van der Waals surface area (Å²) in [6, 6.07) is 6.06. The van der Waals surface area contributed by atoms with Crippen molar-refractivity contribution in [1.82, 2.24) is 4.98 Å². The first-order valence-electron chi connectivity index (χ1n) is 8.98. The van der Waals surface area contributed by atoms with Crippen LogP contribution < -0.4 is 5.32 Å². The largest absolute Gasteiger partial charge is 0.466 e. The van der Waals surface area contributed by atoms with Crippen LogP contribution in [-0.2, 0) is 20.7 Å². The number of amides is 1. The summed E-state index contributed by atoms with van der Waals surface area (Å²) >= 11 is 2.83. The Balaban J connectivity index is 2.01. The van der Waals surface area contributed by atoms with Gasteiger partial charge in [0.25, 0.3) is 0 Å². The predicted octanol–water partition coefficient (Wildman–Crippen LogP) is 4.80. The van der Waals surface area contributed by atoms with Gasteiger partial charge in [-0.25, -0.2) is 4.98 Å². The summed E-state index contributed by atoms with van der Waals surface area (Å²) in [7, 11) is 0. The number of benzene rings is 1. The first kappa shape index (κ1) is 21.4. The van der Waals surface area contributed by atoms with Crippen LogP contribution in [0.4, 0.5) is 5.69 Å². The van der Waals surface area contributed by atoms with E-state index in [0.717, 1.165) is 21.2 Å². The van der Waals surface area contributed by atoms with Gasteiger partial charge in [0.05, 0.1) is 24.0 Å². The lowest BCUT2D eigenvalue weighted by Crippen LogP contribution is -2.23. The zero-order chi connectivity index (χ0) is 20.0. The molecular formula is C20H26N2O3S2. The number of rotatable bonds is 8. The fourth-order valence-corrected chi connectivity index (χ4v) is 4.54. The van der Waals surface area contributed by atoms with Crippen LogP contribution in [0.5, 0.6) is 0 Å². The number of esters is 1. The van der Waals surface area contributed by atoms with Crippen molar-refractivity contribution in [2.75, 3.05) is 11.9 Å². The molecule has 1 N–H and O–H groups in total. The van der Waals surface area contributed by atoms with Crippen LogP contribution in [0.1, 0.15) is 50.4 Å². The lowest BCUT2D eigenvalue weighted by molar-refractivity contribution is -0.142. The lowest BCUT2D eigenvalue weighted by Gasteiger charge is -2.18. The lowest BCUT2D eigenvalue weighted by atomic mass is 9.98. The molecule has 146 valence electrons. The van der Waals surface area contributed by atoms with Crippen LogP contribution in [0, 0.1) is 6.92 Å². The standard InChI is InChI=1S/C20H26N2O3S2/c1-6-25-17(23)10-15-11-26-20(21-15)27-14(5)19(24)22-18-13(4)8-7-9-16(18)12(2)3/h7-9,11-12,14H,6,10H2,1-5H3,(H,22,24)/t14-/m1/s1. The number of hydrogen-bond donors (Lipinski definition) is 1. The molecule has 0 bridgehead atoms. The van der Waals surface area contributed by atoms with Crippen molar-refractivity contribution < 1.29 is 14.3 Å². The number of anilines is 1. The summed E-state index contributed by atoms with van der Waals surface area (Å²) in [4.78, 5) is 28.7. The molecule has 1 aromatic carbocycles. The molecule has 7 heteroatoms. The number of thioether (sulfide) groups is 1. The van der Waals surface area contributed by atoms with Crippen LogP contribution >= 0.6 is 23.1 Å². The SMILES string of the molecule is CCOC(=O)Cc1csc(S[C@H](C)C(=O)Nc2c(C)cccc2C(C)C)n1. The van der Waals surface area contributed by atoms with E-state index < -0.39 is 0 Å². The summed E-state index contributed by atoms with van der Waals surface area (Å²) in [6.45, 7) is 10.2. The second-order valence-electron chi connectivity index (χ2n) is 6.53. The Hall–Kier alpha value is -1.86. The average molecular weight is 407 g/mol. The molecule has 0 aliphatic carbocycles. The van der Waals surface area contributed by atoms with Gasteiger partial charge in [-0.2, -0.15) is 0 Å². The van der Waals surface area contributed by atoms with Gasteiger partial charge in [-0.1, -0.05) is 43.8 Å². The van der Waals surface area contributed by atoms with Crippen LogP contribution in [0.2, 0.25) is 0 Å². The molecule has 2 aromatic rings. The molecule has 0 spiro atoms. The van der Waals surface area contributed by atoms with Gasteiger partial charge in [-0.05, 0) is 37.8 Å². The van der Waals surface area contributed by atoms with E-state index in [4.69, 9.17) is 4.74 Å². The Kier molecular flexibility index (Phi) is 7.86. The normalized spacial score (nSPS) is 12.1. The van der Waals surface area contributed by atoms with Gasteiger partial charge in [-0.3, -0.25) is 9.59 Å². The minimum atomic E-state index is -0.300. The van der Waals surface area contributed by atoms with Crippen LogP contribution in [0.15, 0.2) is 27.9 Å². The number of nitrogens with zero attached hydrogens (tertiary/aromatic N) is 1. The van der Waals surface area contributed by atoms with Gasteiger partial charge in [0, 0.05) is 11.1 Å². The van der Waals surface area contributed by atoms with Crippen LogP contribution in [0.3, 0.4) is 0 Å². The number of para-hydroxylation sites is 1. The van der Waals surface area contributed by atoms with E-state index in [1.165, 1.54) is 23.1 Å². The Labute approximate surface area is 168 Å². The summed E-state index contributed by atoms with van der Waals surface area (Å²) in [5.74, 6) is -0.0168. The topological polar surface area (TPSA) is 68.3 Å². The molecule has 2 rings (SSSR count). The fraction of sp³-hybridized carbons (Fsp3) is 0.450. The molecule has 1 atom stereocenters. The second kappa shape index (κ2) is 9.90. The molecule has 0 radical (unpaired) electrons. The Morgan fingerprint density at radius 1 is 1.30 bits per heavy atom. The molecule has 1 aromatic heterocycles. The highest BCUT2D eigenvalue weighted by Gasteiger charge is 2.20. The zero-order valence-corrected chi connectivity index (χ0v) is 18.0. The molecule has 1 amide bonds. The number of carbonyl (C=O) groups excluding carboxylic acids is 2. The Morgan fingerprint density at radius 2 is 2.04 bits per heavy atom. The molecule has 0 unspecified atom stereocenters. The highest BCUT2D eigenvalue weighted by atomic mass is 32.2. The molecule has 5 nitrogen and oxygen atoms in total. The Morgan fingerprint density at radius 3 is 2.70 bits per heavy atom. The number of ether oxygens (including phenoxy) is 1. The molecule has 0 aliphatic heterocycles. The average Bonchev–Trinajstić information content (AvgIpc) is 3.03. The van der Waals surface area contributed by atoms with Crippen molar-refractivity contribution in [3.05, 3.63) is 40.4 Å². The van der Waals surface area contributed by atoms with Crippen molar-refractivity contribution in [2.45, 2.75) is 56.5 Å². The van der Waals surface area contributed by atoms with E-state index in [9.17, 15) is 9.59 Å². The highest BCUT2D eigenvalue weighted by molar-refractivity contribution is 8.02. The van der Waals surface area contributed by atoms with Gasteiger partial charge in [0.15, 0.2) is 4.34 Å².